The maximum Gasteiger partial charge on any atom is 0.164 e. The van der Waals surface area contributed by atoms with E-state index in [4.69, 9.17) is 19.9 Å². The van der Waals surface area contributed by atoms with Crippen LogP contribution in [0.2, 0.25) is 0 Å². The van der Waals surface area contributed by atoms with Gasteiger partial charge in [-0.2, -0.15) is 0 Å². The molecule has 0 amide bonds. The monoisotopic (exact) mass is 568 g/mol. The summed E-state index contributed by atoms with van der Waals surface area (Å²) in [6.45, 7) is 0. The zero-order valence-electron chi connectivity index (χ0n) is 23.1. The summed E-state index contributed by atoms with van der Waals surface area (Å²) in [6, 6.07) is 49.8. The molecule has 8 aromatic rings. The molecule has 0 spiro atoms. The Bertz CT molecular complexity index is 2170. The normalized spacial score (nSPS) is 11.3. The maximum absolute atomic E-state index is 5.10. The number of thiazole rings is 1. The van der Waals surface area contributed by atoms with Gasteiger partial charge in [0.25, 0.3) is 0 Å². The van der Waals surface area contributed by atoms with Crippen LogP contribution in [0.1, 0.15) is 0 Å². The molecule has 43 heavy (non-hydrogen) atoms. The van der Waals surface area contributed by atoms with Crippen molar-refractivity contribution in [3.8, 4) is 55.9 Å². The highest BCUT2D eigenvalue weighted by molar-refractivity contribution is 7.21. The van der Waals surface area contributed by atoms with Crippen LogP contribution in [0.15, 0.2) is 146 Å². The van der Waals surface area contributed by atoms with Crippen molar-refractivity contribution < 1.29 is 0 Å². The van der Waals surface area contributed by atoms with Gasteiger partial charge in [0, 0.05) is 27.6 Å². The van der Waals surface area contributed by atoms with Gasteiger partial charge in [-0.3, -0.25) is 0 Å². The second-order valence-electron chi connectivity index (χ2n) is 10.3. The highest BCUT2D eigenvalue weighted by atomic mass is 32.1. The van der Waals surface area contributed by atoms with Crippen LogP contribution in [-0.4, -0.2) is 19.9 Å². The Morgan fingerprint density at radius 1 is 0.372 bits per heavy atom. The molecule has 8 rings (SSSR count). The smallest absolute Gasteiger partial charge is 0.164 e. The highest BCUT2D eigenvalue weighted by Gasteiger charge is 2.19. The first-order valence-electron chi connectivity index (χ1n) is 14.2. The van der Waals surface area contributed by atoms with Gasteiger partial charge in [0.05, 0.1) is 10.2 Å². The Kier molecular flexibility index (Phi) is 6.28. The largest absolute Gasteiger partial charge is 0.235 e. The summed E-state index contributed by atoms with van der Waals surface area (Å²) >= 11 is 1.72. The minimum Gasteiger partial charge on any atom is -0.235 e. The van der Waals surface area contributed by atoms with E-state index in [-0.39, 0.29) is 0 Å². The van der Waals surface area contributed by atoms with E-state index in [2.05, 4.69) is 72.8 Å². The lowest BCUT2D eigenvalue weighted by Gasteiger charge is -2.14. The zero-order valence-corrected chi connectivity index (χ0v) is 23.9. The van der Waals surface area contributed by atoms with E-state index in [1.807, 2.05) is 72.8 Å². The van der Waals surface area contributed by atoms with Crippen molar-refractivity contribution in [3.05, 3.63) is 146 Å². The number of hydrogen-bond donors (Lipinski definition) is 0. The molecular weight excluding hydrogens is 545 g/mol. The van der Waals surface area contributed by atoms with Gasteiger partial charge in [0.1, 0.15) is 5.01 Å². The van der Waals surface area contributed by atoms with Crippen molar-refractivity contribution in [2.45, 2.75) is 0 Å². The molecule has 0 aliphatic rings. The Hall–Kier alpha value is -5.52. The molecule has 0 aliphatic heterocycles. The fraction of sp³-hybridized carbons (Fsp3) is 0. The van der Waals surface area contributed by atoms with E-state index < -0.39 is 0 Å². The number of hydrogen-bond acceptors (Lipinski definition) is 5. The Morgan fingerprint density at radius 3 is 1.49 bits per heavy atom. The molecule has 0 unspecified atom stereocenters. The van der Waals surface area contributed by atoms with Crippen LogP contribution >= 0.6 is 11.3 Å². The van der Waals surface area contributed by atoms with Crippen molar-refractivity contribution in [2.75, 3.05) is 0 Å². The number of benzene rings is 6. The van der Waals surface area contributed by atoms with Crippen molar-refractivity contribution in [2.24, 2.45) is 0 Å². The molecule has 5 heteroatoms. The second kappa shape index (κ2) is 10.7. The molecule has 0 radical (unpaired) electrons. The van der Waals surface area contributed by atoms with Gasteiger partial charge >= 0.3 is 0 Å². The van der Waals surface area contributed by atoms with Crippen molar-refractivity contribution >= 4 is 32.3 Å². The lowest BCUT2D eigenvalue weighted by Crippen LogP contribution is -2.01. The molecule has 4 nitrogen and oxygen atoms in total. The van der Waals surface area contributed by atoms with E-state index in [1.165, 1.54) is 0 Å². The predicted octanol–water partition coefficient (Wildman–Crippen LogP) is 9.97. The van der Waals surface area contributed by atoms with E-state index >= 15 is 0 Å². The van der Waals surface area contributed by atoms with Crippen molar-refractivity contribution in [3.63, 3.8) is 0 Å². The Balaban J connectivity index is 1.36. The minimum absolute atomic E-state index is 0.641. The topological polar surface area (TPSA) is 51.6 Å². The highest BCUT2D eigenvalue weighted by Crippen LogP contribution is 2.42. The van der Waals surface area contributed by atoms with Crippen LogP contribution in [0.25, 0.3) is 76.9 Å². The maximum atomic E-state index is 5.10. The summed E-state index contributed by atoms with van der Waals surface area (Å²) in [7, 11) is 0. The molecule has 6 aromatic carbocycles. The molecule has 2 heterocycles. The Labute approximate surface area is 253 Å². The van der Waals surface area contributed by atoms with Gasteiger partial charge < -0.3 is 0 Å². The van der Waals surface area contributed by atoms with E-state index in [1.54, 1.807) is 11.3 Å². The summed E-state index contributed by atoms with van der Waals surface area (Å²) in [5, 5.41) is 3.30. The molecular formula is C38H24N4S. The molecule has 0 bridgehead atoms. The van der Waals surface area contributed by atoms with Crippen molar-refractivity contribution in [1.29, 1.82) is 0 Å². The van der Waals surface area contributed by atoms with Crippen LogP contribution in [0, 0.1) is 0 Å². The number of aromatic nitrogens is 4. The Morgan fingerprint density at radius 2 is 0.860 bits per heavy atom. The summed E-state index contributed by atoms with van der Waals surface area (Å²) in [5.41, 5.74) is 7.21. The lowest BCUT2D eigenvalue weighted by atomic mass is 9.93. The molecule has 0 saturated carbocycles. The number of fused-ring (bicyclic) bond motifs is 3. The quantitative estimate of drug-likeness (QED) is 0.207. The molecule has 202 valence electrons. The first kappa shape index (κ1) is 25.2. The van der Waals surface area contributed by atoms with Crippen LogP contribution in [0.4, 0.5) is 0 Å². The van der Waals surface area contributed by atoms with E-state index in [0.29, 0.717) is 17.5 Å². The average Bonchev–Trinajstić information content (AvgIpc) is 3.54. The second-order valence-corrected chi connectivity index (χ2v) is 11.3. The molecule has 0 saturated heterocycles. The minimum atomic E-state index is 0.641. The van der Waals surface area contributed by atoms with E-state index in [9.17, 15) is 0 Å². The third-order valence-corrected chi connectivity index (χ3v) is 8.63. The molecule has 2 aromatic heterocycles. The fourth-order valence-corrected chi connectivity index (χ4v) is 6.55. The van der Waals surface area contributed by atoms with E-state index in [0.717, 1.165) is 59.4 Å². The van der Waals surface area contributed by atoms with Crippen LogP contribution in [-0.2, 0) is 0 Å². The molecule has 0 atom stereocenters. The first-order valence-corrected chi connectivity index (χ1v) is 15.0. The average molecular weight is 569 g/mol. The summed E-state index contributed by atoms with van der Waals surface area (Å²) < 4.78 is 1.15. The lowest BCUT2D eigenvalue weighted by molar-refractivity contribution is 1.07. The zero-order chi connectivity index (χ0) is 28.6. The molecule has 0 aliphatic carbocycles. The summed E-state index contributed by atoms with van der Waals surface area (Å²) in [6.07, 6.45) is 0. The SMILES string of the molecule is c1ccc(-c2nc(-c3ccccc3)nc(-c3ccccc3-c3cc4sc(-c5ccccc5)nc4c4ccccc34)n2)cc1. The molecule has 0 fully saturated rings. The summed E-state index contributed by atoms with van der Waals surface area (Å²) in [5.74, 6) is 1.94. The molecule has 0 N–H and O–H groups in total. The van der Waals surface area contributed by atoms with Crippen LogP contribution in [0.3, 0.4) is 0 Å². The van der Waals surface area contributed by atoms with Gasteiger partial charge in [-0.05, 0) is 22.6 Å². The number of nitrogens with zero attached hydrogens (tertiary/aromatic N) is 4. The van der Waals surface area contributed by atoms with Crippen LogP contribution < -0.4 is 0 Å². The fourth-order valence-electron chi connectivity index (χ4n) is 5.53. The van der Waals surface area contributed by atoms with Crippen LogP contribution in [0.5, 0.6) is 0 Å². The van der Waals surface area contributed by atoms with Gasteiger partial charge in [0.15, 0.2) is 17.5 Å². The van der Waals surface area contributed by atoms with Crippen molar-refractivity contribution in [1.82, 2.24) is 19.9 Å². The third kappa shape index (κ3) is 4.66. The van der Waals surface area contributed by atoms with Gasteiger partial charge in [-0.15, -0.1) is 11.3 Å². The van der Waals surface area contributed by atoms with Gasteiger partial charge in [-0.25, -0.2) is 19.9 Å². The van der Waals surface area contributed by atoms with Gasteiger partial charge in [-0.1, -0.05) is 140 Å². The predicted molar refractivity (Wildman–Crippen MR) is 178 cm³/mol. The first-order chi connectivity index (χ1) is 21.3. The third-order valence-electron chi connectivity index (χ3n) is 7.58. The number of rotatable bonds is 5. The summed E-state index contributed by atoms with van der Waals surface area (Å²) in [4.78, 5) is 20.1. The van der Waals surface area contributed by atoms with Gasteiger partial charge in [0.2, 0.25) is 0 Å². The standard InChI is InChI=1S/C38H24N4S/c1-4-14-25(15-5-1)35-40-36(26-16-6-2-7-17-26)42-37(41-35)31-23-13-11-21-29(31)32-24-33-34(30-22-12-10-20-28(30)32)39-38(43-33)27-18-8-3-9-19-27/h1-24H.